The molecule has 19 heavy (non-hydrogen) atoms. The van der Waals surface area contributed by atoms with Gasteiger partial charge in [0.15, 0.2) is 0 Å². The molecule has 0 saturated carbocycles. The van der Waals surface area contributed by atoms with Gasteiger partial charge in [0.2, 0.25) is 0 Å². The van der Waals surface area contributed by atoms with Gasteiger partial charge in [0.1, 0.15) is 0 Å². The Bertz CT molecular complexity index is 329. The standard InChI is InChI=1S/C14H24N3O.Ac/c1-4-6-10-8-11(9-15)17(3)14(10)13(16)12(18)7-5-2;/h4,6,10-14,16,18H,5,7-8H2,1-3H3;/q-1;/b6-4-;. The molecule has 0 bridgehead atoms. The number of hydrogen-bond donors (Lipinski definition) is 1. The molecule has 4 nitrogen and oxygen atoms in total. The van der Waals surface area contributed by atoms with Crippen LogP contribution in [-0.2, 0) is 0 Å². The Kier molecular flexibility index (Phi) is 9.76. The monoisotopic (exact) mass is 477 g/mol. The van der Waals surface area contributed by atoms with Crippen LogP contribution < -0.4 is 0 Å². The molecule has 1 radical (unpaired) electrons. The normalized spacial score (nSPS) is 30.8. The molecule has 1 aliphatic rings. The van der Waals surface area contributed by atoms with Gasteiger partial charge in [-0.3, -0.25) is 4.90 Å². The Morgan fingerprint density at radius 3 is 2.68 bits per heavy atom. The average Bonchev–Trinajstić information content (AvgIpc) is 2.65. The molecule has 5 heteroatoms. The van der Waals surface area contributed by atoms with Gasteiger partial charge >= 0.3 is 0 Å². The smallest absolute Gasteiger partial charge is 0.0983 e. The number of likely N-dealkylation sites (tertiary alicyclic amines) is 1. The Labute approximate surface area is 152 Å². The Morgan fingerprint density at radius 1 is 1.58 bits per heavy atom. The topological polar surface area (TPSA) is 71.1 Å². The summed E-state index contributed by atoms with van der Waals surface area (Å²) >= 11 is 0. The summed E-state index contributed by atoms with van der Waals surface area (Å²) in [7, 11) is 1.89. The van der Waals surface area contributed by atoms with E-state index < -0.39 is 12.1 Å². The molecular formula is C14H24AcN3O-. The van der Waals surface area contributed by atoms with E-state index in [4.69, 9.17) is 11.0 Å². The number of aliphatic hydroxyl groups excluding tert-OH is 1. The number of likely N-dealkylation sites (N-methyl/N-ethyl adjacent to an activating group) is 1. The first-order valence-corrected chi connectivity index (χ1v) is 6.70. The van der Waals surface area contributed by atoms with Crippen LogP contribution in [0.1, 0.15) is 33.1 Å². The van der Waals surface area contributed by atoms with Gasteiger partial charge in [-0.05, 0) is 32.7 Å². The number of aliphatic hydroxyl groups is 1. The SMILES string of the molecule is C/C=C\C1CC(C#N)N(C)C1C([NH-])C(O)CCC.[Ac]. The number of hydrogen-bond acceptors (Lipinski definition) is 3. The second kappa shape index (κ2) is 9.48. The first kappa shape index (κ1) is 19.6. The second-order valence-corrected chi connectivity index (χ2v) is 5.11. The molecule has 0 spiro atoms. The Morgan fingerprint density at radius 2 is 2.21 bits per heavy atom. The molecule has 0 aromatic heterocycles. The van der Waals surface area contributed by atoms with Crippen molar-refractivity contribution in [2.24, 2.45) is 5.92 Å². The summed E-state index contributed by atoms with van der Waals surface area (Å²) in [5.74, 6) is 0.193. The van der Waals surface area contributed by atoms with Crippen LogP contribution in [0.15, 0.2) is 12.2 Å². The molecule has 1 rings (SSSR count). The predicted octanol–water partition coefficient (Wildman–Crippen LogP) is 2.36. The van der Waals surface area contributed by atoms with E-state index in [9.17, 15) is 5.11 Å². The van der Waals surface area contributed by atoms with Crippen molar-refractivity contribution < 1.29 is 49.2 Å². The summed E-state index contributed by atoms with van der Waals surface area (Å²) in [6.07, 6.45) is 5.73. The van der Waals surface area contributed by atoms with Gasteiger partial charge in [0, 0.05) is 56.2 Å². The maximum Gasteiger partial charge on any atom is 0.0983 e. The molecule has 5 atom stereocenters. The Hall–Kier alpha value is 0.552. The van der Waals surface area contributed by atoms with E-state index in [0.29, 0.717) is 6.42 Å². The van der Waals surface area contributed by atoms with Crippen LogP contribution in [0.5, 0.6) is 0 Å². The summed E-state index contributed by atoms with van der Waals surface area (Å²) in [6, 6.07) is 1.53. The molecule has 2 N–H and O–H groups in total. The van der Waals surface area contributed by atoms with Crippen molar-refractivity contribution in [1.82, 2.24) is 4.90 Å². The van der Waals surface area contributed by atoms with Crippen LogP contribution in [0.4, 0.5) is 0 Å². The number of rotatable bonds is 5. The van der Waals surface area contributed by atoms with E-state index in [-0.39, 0.29) is 62.1 Å². The zero-order chi connectivity index (χ0) is 13.7. The van der Waals surface area contributed by atoms with Crippen LogP contribution in [-0.4, -0.2) is 41.3 Å². The first-order valence-electron chi connectivity index (χ1n) is 6.70. The van der Waals surface area contributed by atoms with Crippen LogP contribution >= 0.6 is 0 Å². The molecule has 1 aliphatic heterocycles. The minimum atomic E-state index is -0.604. The molecular weight excluding hydrogens is 453 g/mol. The number of nitriles is 1. The van der Waals surface area contributed by atoms with E-state index in [0.717, 1.165) is 12.8 Å². The molecule has 1 saturated heterocycles. The van der Waals surface area contributed by atoms with Gasteiger partial charge in [-0.25, -0.2) is 0 Å². The van der Waals surface area contributed by atoms with Crippen molar-refractivity contribution in [1.29, 1.82) is 5.26 Å². The van der Waals surface area contributed by atoms with Gasteiger partial charge in [0.05, 0.1) is 12.1 Å². The fourth-order valence-electron chi connectivity index (χ4n) is 2.88. The predicted molar refractivity (Wildman–Crippen MR) is 72.9 cm³/mol. The molecule has 105 valence electrons. The zero-order valence-electron chi connectivity index (χ0n) is 12.1. The van der Waals surface area contributed by atoms with E-state index >= 15 is 0 Å². The van der Waals surface area contributed by atoms with E-state index in [1.165, 1.54) is 0 Å². The summed E-state index contributed by atoms with van der Waals surface area (Å²) < 4.78 is 0. The fraction of sp³-hybridized carbons (Fsp3) is 0.786. The van der Waals surface area contributed by atoms with Crippen LogP contribution in [0.2, 0.25) is 0 Å². The van der Waals surface area contributed by atoms with Gasteiger partial charge in [-0.2, -0.15) is 5.26 Å². The molecule has 5 unspecified atom stereocenters. The largest absolute Gasteiger partial charge is 0.671 e. The number of nitrogens with one attached hydrogen (secondary N) is 1. The van der Waals surface area contributed by atoms with Gasteiger partial charge in [-0.1, -0.05) is 31.5 Å². The average molecular weight is 477 g/mol. The maximum absolute atomic E-state index is 10.0. The van der Waals surface area contributed by atoms with Crippen molar-refractivity contribution in [3.63, 3.8) is 0 Å². The van der Waals surface area contributed by atoms with Crippen LogP contribution in [0.3, 0.4) is 0 Å². The zero-order valence-corrected chi connectivity index (χ0v) is 16.8. The van der Waals surface area contributed by atoms with E-state index in [2.05, 4.69) is 12.1 Å². The first-order chi connectivity index (χ1) is 8.56. The van der Waals surface area contributed by atoms with Gasteiger partial charge in [-0.15, -0.1) is 0 Å². The van der Waals surface area contributed by atoms with Gasteiger partial charge in [0.25, 0.3) is 0 Å². The fourth-order valence-corrected chi connectivity index (χ4v) is 2.88. The third-order valence-electron chi connectivity index (χ3n) is 3.85. The summed E-state index contributed by atoms with van der Waals surface area (Å²) in [6.45, 7) is 3.97. The minimum Gasteiger partial charge on any atom is -0.671 e. The summed E-state index contributed by atoms with van der Waals surface area (Å²) in [5.41, 5.74) is 8.25. The molecule has 1 fully saturated rings. The molecule has 0 aliphatic carbocycles. The van der Waals surface area contributed by atoms with Crippen molar-refractivity contribution in [3.8, 4) is 6.07 Å². The Balaban J connectivity index is 0.00000324. The van der Waals surface area contributed by atoms with E-state index in [1.54, 1.807) is 0 Å². The van der Waals surface area contributed by atoms with Crippen molar-refractivity contribution in [2.75, 3.05) is 7.05 Å². The van der Waals surface area contributed by atoms with Crippen molar-refractivity contribution in [2.45, 2.75) is 57.3 Å². The molecule has 1 heterocycles. The minimum absolute atomic E-state index is 0. The molecule has 0 amide bonds. The third kappa shape index (κ3) is 4.80. The number of nitrogens with zero attached hydrogens (tertiary/aromatic N) is 2. The summed E-state index contributed by atoms with van der Waals surface area (Å²) in [4.78, 5) is 1.96. The van der Waals surface area contributed by atoms with Crippen molar-refractivity contribution >= 4 is 0 Å². The molecule has 0 aromatic rings. The third-order valence-corrected chi connectivity index (χ3v) is 3.85. The second-order valence-electron chi connectivity index (χ2n) is 5.11. The van der Waals surface area contributed by atoms with Crippen LogP contribution in [0.25, 0.3) is 5.73 Å². The summed E-state index contributed by atoms with van der Waals surface area (Å²) in [5, 5.41) is 19.1. The quantitative estimate of drug-likeness (QED) is 0.619. The number of allylic oxidation sites excluding steroid dienone is 1. The maximum atomic E-state index is 10.0. The van der Waals surface area contributed by atoms with Crippen LogP contribution in [0, 0.1) is 61.3 Å². The van der Waals surface area contributed by atoms with Gasteiger partial charge < -0.3 is 10.8 Å². The molecule has 0 aromatic carbocycles. The van der Waals surface area contributed by atoms with E-state index in [1.807, 2.05) is 31.9 Å². The van der Waals surface area contributed by atoms with Crippen molar-refractivity contribution in [3.05, 3.63) is 17.9 Å².